The van der Waals surface area contributed by atoms with Gasteiger partial charge >= 0.3 is 0 Å². The van der Waals surface area contributed by atoms with Crippen molar-refractivity contribution in [2.24, 2.45) is 5.92 Å². The zero-order valence-electron chi connectivity index (χ0n) is 19.4. The zero-order valence-corrected chi connectivity index (χ0v) is 20.4. The Morgan fingerprint density at radius 2 is 1.34 bits per heavy atom. The molecule has 2 nitrogen and oxygen atoms in total. The molecule has 2 aromatic carbocycles. The Morgan fingerprint density at radius 1 is 0.862 bits per heavy atom. The molecule has 2 aromatic rings. The molecule has 0 aliphatic heterocycles. The summed E-state index contributed by atoms with van der Waals surface area (Å²) in [7, 11) is -1.64. The summed E-state index contributed by atoms with van der Waals surface area (Å²) in [5.41, 5.74) is 2.77. The summed E-state index contributed by atoms with van der Waals surface area (Å²) in [6.45, 7) is 18.0. The summed E-state index contributed by atoms with van der Waals surface area (Å²) >= 11 is 0. The molecule has 0 amide bonds. The first-order valence-corrected chi connectivity index (χ1v) is 14.0. The SMILES string of the molecule is C[C@@H](CCCN(Cc1ccccc1)Cc1ccccc1)CO[Si](C)(C)C(C)(C)C. The Bertz CT molecular complexity index is 652. The van der Waals surface area contributed by atoms with Crippen molar-refractivity contribution in [1.82, 2.24) is 4.90 Å². The molecule has 0 spiro atoms. The highest BCUT2D eigenvalue weighted by atomic mass is 28.4. The highest BCUT2D eigenvalue weighted by Gasteiger charge is 2.37. The minimum Gasteiger partial charge on any atom is -0.417 e. The standard InChI is InChI=1S/C26H41NOSi/c1-23(22-28-29(5,6)26(2,3)4)14-13-19-27(20-24-15-9-7-10-16-24)21-25-17-11-8-12-18-25/h7-12,15-18,23H,13-14,19-22H2,1-6H3/t23-/m0/s1. The van der Waals surface area contributed by atoms with Gasteiger partial charge in [-0.2, -0.15) is 0 Å². The Hall–Kier alpha value is -1.42. The minimum atomic E-state index is -1.64. The molecule has 0 N–H and O–H groups in total. The lowest BCUT2D eigenvalue weighted by molar-refractivity contribution is 0.210. The number of benzene rings is 2. The van der Waals surface area contributed by atoms with Gasteiger partial charge in [0, 0.05) is 19.7 Å². The van der Waals surface area contributed by atoms with Crippen molar-refractivity contribution in [3.8, 4) is 0 Å². The second kappa shape index (κ2) is 11.1. The van der Waals surface area contributed by atoms with Crippen LogP contribution in [-0.2, 0) is 17.5 Å². The van der Waals surface area contributed by atoms with Crippen LogP contribution in [0.2, 0.25) is 18.1 Å². The van der Waals surface area contributed by atoms with Gasteiger partial charge in [-0.1, -0.05) is 88.4 Å². The summed E-state index contributed by atoms with van der Waals surface area (Å²) in [6, 6.07) is 21.6. The van der Waals surface area contributed by atoms with Gasteiger partial charge in [-0.05, 0) is 54.6 Å². The van der Waals surface area contributed by atoms with E-state index in [2.05, 4.69) is 106 Å². The van der Waals surface area contributed by atoms with Crippen LogP contribution in [0.1, 0.15) is 51.7 Å². The van der Waals surface area contributed by atoms with Crippen molar-refractivity contribution in [2.75, 3.05) is 13.2 Å². The number of hydrogen-bond acceptors (Lipinski definition) is 2. The van der Waals surface area contributed by atoms with E-state index in [1.54, 1.807) is 0 Å². The van der Waals surface area contributed by atoms with Crippen LogP contribution in [0.25, 0.3) is 0 Å². The maximum absolute atomic E-state index is 6.43. The van der Waals surface area contributed by atoms with E-state index in [0.717, 1.165) is 26.2 Å². The van der Waals surface area contributed by atoms with E-state index in [1.807, 2.05) is 0 Å². The van der Waals surface area contributed by atoms with Crippen LogP contribution in [0.3, 0.4) is 0 Å². The van der Waals surface area contributed by atoms with Gasteiger partial charge in [0.25, 0.3) is 0 Å². The topological polar surface area (TPSA) is 12.5 Å². The first kappa shape index (κ1) is 23.9. The van der Waals surface area contributed by atoms with Gasteiger partial charge in [-0.25, -0.2) is 0 Å². The molecule has 0 aromatic heterocycles. The average Bonchev–Trinajstić information content (AvgIpc) is 2.67. The molecule has 1 atom stereocenters. The normalized spacial score (nSPS) is 13.6. The highest BCUT2D eigenvalue weighted by Crippen LogP contribution is 2.36. The molecule has 29 heavy (non-hydrogen) atoms. The zero-order chi connectivity index (χ0) is 21.3. The number of rotatable bonds is 11. The highest BCUT2D eigenvalue weighted by molar-refractivity contribution is 6.74. The molecule has 160 valence electrons. The molecule has 0 heterocycles. The van der Waals surface area contributed by atoms with Crippen LogP contribution in [-0.4, -0.2) is 26.4 Å². The molecule has 0 aliphatic carbocycles. The summed E-state index contributed by atoms with van der Waals surface area (Å²) < 4.78 is 6.43. The molecule has 0 fully saturated rings. The molecule has 0 aliphatic rings. The Balaban J connectivity index is 1.85. The third kappa shape index (κ3) is 8.45. The van der Waals surface area contributed by atoms with Crippen LogP contribution >= 0.6 is 0 Å². The molecule has 2 rings (SSSR count). The van der Waals surface area contributed by atoms with E-state index in [-0.39, 0.29) is 5.04 Å². The van der Waals surface area contributed by atoms with Crippen molar-refractivity contribution in [3.63, 3.8) is 0 Å². The molecule has 0 unspecified atom stereocenters. The summed E-state index contributed by atoms with van der Waals surface area (Å²) in [5.74, 6) is 0.611. The fourth-order valence-electron chi connectivity index (χ4n) is 3.21. The predicted octanol–water partition coefficient (Wildman–Crippen LogP) is 7.13. The molecule has 3 heteroatoms. The first-order valence-electron chi connectivity index (χ1n) is 11.1. The molecule has 0 saturated heterocycles. The maximum Gasteiger partial charge on any atom is 0.191 e. The second-order valence-electron chi connectivity index (χ2n) is 10.0. The van der Waals surface area contributed by atoms with Crippen molar-refractivity contribution in [1.29, 1.82) is 0 Å². The minimum absolute atomic E-state index is 0.287. The van der Waals surface area contributed by atoms with Crippen LogP contribution in [0.4, 0.5) is 0 Å². The van der Waals surface area contributed by atoms with Gasteiger partial charge in [-0.15, -0.1) is 0 Å². The smallest absolute Gasteiger partial charge is 0.191 e. The molecule has 0 bridgehead atoms. The quantitative estimate of drug-likeness (QED) is 0.365. The third-order valence-corrected chi connectivity index (χ3v) is 10.7. The summed E-state index contributed by atoms with van der Waals surface area (Å²) in [6.07, 6.45) is 2.43. The lowest BCUT2D eigenvalue weighted by Crippen LogP contribution is -2.41. The van der Waals surface area contributed by atoms with E-state index in [0.29, 0.717) is 5.92 Å². The lowest BCUT2D eigenvalue weighted by atomic mass is 10.1. The van der Waals surface area contributed by atoms with E-state index < -0.39 is 8.32 Å². The molecular formula is C26H41NOSi. The predicted molar refractivity (Wildman–Crippen MR) is 129 cm³/mol. The molecular weight excluding hydrogens is 370 g/mol. The van der Waals surface area contributed by atoms with E-state index >= 15 is 0 Å². The van der Waals surface area contributed by atoms with Crippen LogP contribution in [0.5, 0.6) is 0 Å². The van der Waals surface area contributed by atoms with Crippen LogP contribution < -0.4 is 0 Å². The fraction of sp³-hybridized carbons (Fsp3) is 0.538. The van der Waals surface area contributed by atoms with Gasteiger partial charge in [-0.3, -0.25) is 4.90 Å². The maximum atomic E-state index is 6.43. The van der Waals surface area contributed by atoms with Crippen molar-refractivity contribution in [3.05, 3.63) is 71.8 Å². The van der Waals surface area contributed by atoms with E-state index in [1.165, 1.54) is 24.0 Å². The molecule has 0 radical (unpaired) electrons. The first-order chi connectivity index (χ1) is 13.7. The van der Waals surface area contributed by atoms with E-state index in [9.17, 15) is 0 Å². The van der Waals surface area contributed by atoms with Crippen LogP contribution in [0, 0.1) is 5.92 Å². The van der Waals surface area contributed by atoms with Gasteiger partial charge in [0.1, 0.15) is 0 Å². The van der Waals surface area contributed by atoms with Gasteiger partial charge < -0.3 is 4.43 Å². The second-order valence-corrected chi connectivity index (χ2v) is 14.8. The number of nitrogens with zero attached hydrogens (tertiary/aromatic N) is 1. The Morgan fingerprint density at radius 3 is 1.79 bits per heavy atom. The van der Waals surface area contributed by atoms with Gasteiger partial charge in [0.2, 0.25) is 0 Å². The van der Waals surface area contributed by atoms with Gasteiger partial charge in [0.15, 0.2) is 8.32 Å². The Labute approximate surface area is 180 Å². The van der Waals surface area contributed by atoms with Crippen molar-refractivity contribution < 1.29 is 4.43 Å². The number of hydrogen-bond donors (Lipinski definition) is 0. The van der Waals surface area contributed by atoms with E-state index in [4.69, 9.17) is 4.43 Å². The largest absolute Gasteiger partial charge is 0.417 e. The van der Waals surface area contributed by atoms with Crippen molar-refractivity contribution in [2.45, 2.75) is 71.8 Å². The van der Waals surface area contributed by atoms with Crippen LogP contribution in [0.15, 0.2) is 60.7 Å². The summed E-state index contributed by atoms with van der Waals surface area (Å²) in [5, 5.41) is 0.287. The monoisotopic (exact) mass is 411 g/mol. The van der Waals surface area contributed by atoms with Crippen molar-refractivity contribution >= 4 is 8.32 Å². The Kier molecular flexibility index (Phi) is 9.13. The van der Waals surface area contributed by atoms with Gasteiger partial charge in [0.05, 0.1) is 0 Å². The average molecular weight is 412 g/mol. The molecule has 0 saturated carbocycles. The lowest BCUT2D eigenvalue weighted by Gasteiger charge is -2.37. The third-order valence-electron chi connectivity index (χ3n) is 6.20. The summed E-state index contributed by atoms with van der Waals surface area (Å²) in [4.78, 5) is 2.58. The fourth-order valence-corrected chi connectivity index (χ4v) is 4.35.